The zero-order valence-electron chi connectivity index (χ0n) is 29.4. The van der Waals surface area contributed by atoms with Crippen LogP contribution in [0.1, 0.15) is 50.0 Å². The number of amides is 1. The van der Waals surface area contributed by atoms with E-state index < -0.39 is 41.7 Å². The lowest BCUT2D eigenvalue weighted by Crippen LogP contribution is -2.42. The molecule has 0 bridgehead atoms. The van der Waals surface area contributed by atoms with E-state index >= 15 is 0 Å². The van der Waals surface area contributed by atoms with Gasteiger partial charge in [-0.2, -0.15) is 4.98 Å². The Kier molecular flexibility index (Phi) is 10.0. The van der Waals surface area contributed by atoms with Crippen LogP contribution in [0.4, 0.5) is 5.82 Å². The van der Waals surface area contributed by atoms with Gasteiger partial charge in [0.2, 0.25) is 0 Å². The van der Waals surface area contributed by atoms with E-state index in [1.54, 1.807) is 44.5 Å². The molecule has 0 saturated carbocycles. The highest BCUT2D eigenvalue weighted by atomic mass is 16.6. The topological polar surface area (TPSA) is 130 Å². The summed E-state index contributed by atoms with van der Waals surface area (Å²) in [6, 6.07) is 30.6. The van der Waals surface area contributed by atoms with Gasteiger partial charge in [0.05, 0.1) is 19.8 Å². The second-order valence-electron chi connectivity index (χ2n) is 13.1. The summed E-state index contributed by atoms with van der Waals surface area (Å²) in [4.78, 5) is 30.6. The number of fused-ring (bicyclic) bond motifs is 2. The van der Waals surface area contributed by atoms with Crippen molar-refractivity contribution in [2.75, 3.05) is 32.2 Å². The van der Waals surface area contributed by atoms with Crippen LogP contribution in [-0.4, -0.2) is 65.8 Å². The Morgan fingerprint density at radius 2 is 1.54 bits per heavy atom. The van der Waals surface area contributed by atoms with Gasteiger partial charge >= 0.3 is 5.69 Å². The first-order chi connectivity index (χ1) is 25.2. The molecule has 0 radical (unpaired) electrons. The smallest absolute Gasteiger partial charge is 0.351 e. The summed E-state index contributed by atoms with van der Waals surface area (Å²) < 4.78 is 32.6. The number of hydrogen-bond donors (Lipinski definition) is 2. The first-order valence-electron chi connectivity index (χ1n) is 17.2. The minimum absolute atomic E-state index is 0.0795. The standard InChI is InChI=1S/C41H41N3O8/c1-25-15-17-32-30(21-25)41(29-13-9-6-10-14-29,31-22-26(2)16-18-33(31)51-32)50-24-34-35(45)36(49-20-19-48-4)39(52-34)44-23-27(3)37(43-40(44)47)42-38(46)28-11-7-5-8-12-28/h5-18,21-23,34-36,39,45H,19-20,24H2,1-4H3,(H,42,43,46,47)/t34?,35?,36?,39-/m1/s1. The highest BCUT2D eigenvalue weighted by Crippen LogP contribution is 2.53. The summed E-state index contributed by atoms with van der Waals surface area (Å²) in [5, 5.41) is 14.5. The van der Waals surface area contributed by atoms with Crippen LogP contribution in [0.3, 0.4) is 0 Å². The molecule has 1 amide bonds. The molecule has 4 aromatic carbocycles. The second kappa shape index (κ2) is 14.8. The van der Waals surface area contributed by atoms with Crippen molar-refractivity contribution in [1.82, 2.24) is 9.55 Å². The van der Waals surface area contributed by atoms with Gasteiger partial charge in [0.15, 0.2) is 11.8 Å². The summed E-state index contributed by atoms with van der Waals surface area (Å²) in [5.41, 5.74) is 3.68. The number of aliphatic hydroxyl groups excluding tert-OH is 1. The third kappa shape index (κ3) is 6.65. The number of nitrogens with zero attached hydrogens (tertiary/aromatic N) is 2. The van der Waals surface area contributed by atoms with Crippen molar-refractivity contribution < 1.29 is 33.6 Å². The van der Waals surface area contributed by atoms with E-state index in [1.165, 1.54) is 4.57 Å². The monoisotopic (exact) mass is 703 g/mol. The van der Waals surface area contributed by atoms with Gasteiger partial charge < -0.3 is 34.1 Å². The molecule has 1 saturated heterocycles. The van der Waals surface area contributed by atoms with E-state index in [9.17, 15) is 14.7 Å². The van der Waals surface area contributed by atoms with Crippen LogP contribution >= 0.6 is 0 Å². The van der Waals surface area contributed by atoms with Crippen LogP contribution in [0.2, 0.25) is 0 Å². The molecule has 1 fully saturated rings. The van der Waals surface area contributed by atoms with Crippen molar-refractivity contribution in [3.63, 3.8) is 0 Å². The number of benzene rings is 4. The fourth-order valence-corrected chi connectivity index (χ4v) is 6.88. The van der Waals surface area contributed by atoms with Gasteiger partial charge in [-0.25, -0.2) is 4.79 Å². The van der Waals surface area contributed by atoms with Crippen molar-refractivity contribution in [3.05, 3.63) is 153 Å². The Hall–Kier alpha value is -5.17. The van der Waals surface area contributed by atoms with Gasteiger partial charge in [-0.05, 0) is 62.7 Å². The molecule has 2 N–H and O–H groups in total. The van der Waals surface area contributed by atoms with Crippen molar-refractivity contribution in [2.24, 2.45) is 0 Å². The Labute approximate surface area is 301 Å². The van der Waals surface area contributed by atoms with Crippen LogP contribution < -0.4 is 15.7 Å². The molecule has 3 unspecified atom stereocenters. The number of ether oxygens (including phenoxy) is 5. The number of methoxy groups -OCH3 is 1. The number of carbonyl (C=O) groups excluding carboxylic acids is 1. The Balaban J connectivity index is 1.24. The highest BCUT2D eigenvalue weighted by Gasteiger charge is 2.50. The normalized spacial score (nSPS) is 20.1. The van der Waals surface area contributed by atoms with Crippen LogP contribution in [0.25, 0.3) is 0 Å². The fraction of sp³-hybridized carbons (Fsp3) is 0.293. The highest BCUT2D eigenvalue weighted by molar-refractivity contribution is 6.04. The molecule has 4 atom stereocenters. The number of aromatic nitrogens is 2. The third-order valence-electron chi connectivity index (χ3n) is 9.48. The number of carbonyl (C=O) groups is 1. The maximum Gasteiger partial charge on any atom is 0.351 e. The molecule has 268 valence electrons. The van der Waals surface area contributed by atoms with E-state index in [4.69, 9.17) is 23.7 Å². The minimum Gasteiger partial charge on any atom is -0.457 e. The number of aryl methyl sites for hydroxylation is 3. The lowest BCUT2D eigenvalue weighted by Gasteiger charge is -2.41. The Morgan fingerprint density at radius 1 is 0.904 bits per heavy atom. The summed E-state index contributed by atoms with van der Waals surface area (Å²) in [6.07, 6.45) is -2.62. The molecule has 1 aromatic heterocycles. The molecule has 2 aliphatic heterocycles. The first kappa shape index (κ1) is 35.2. The average Bonchev–Trinajstić information content (AvgIpc) is 3.46. The zero-order valence-corrected chi connectivity index (χ0v) is 29.4. The van der Waals surface area contributed by atoms with Crippen molar-refractivity contribution in [1.29, 1.82) is 0 Å². The Bertz CT molecular complexity index is 2070. The summed E-state index contributed by atoms with van der Waals surface area (Å²) in [6.45, 7) is 6.09. The van der Waals surface area contributed by atoms with Gasteiger partial charge in [0, 0.05) is 35.6 Å². The number of anilines is 1. The summed E-state index contributed by atoms with van der Waals surface area (Å²) in [7, 11) is 1.55. The van der Waals surface area contributed by atoms with Crippen molar-refractivity contribution in [2.45, 2.75) is 50.9 Å². The van der Waals surface area contributed by atoms with Gasteiger partial charge in [-0.1, -0.05) is 71.8 Å². The SMILES string of the molecule is COCCOC1C(O)C(COC2(c3ccccc3)c3cc(C)ccc3Oc3ccc(C)cc32)O[C@H]1n1cc(C)c(NC(=O)c2ccccc2)nc1=O. The van der Waals surface area contributed by atoms with Crippen LogP contribution in [0.5, 0.6) is 11.5 Å². The van der Waals surface area contributed by atoms with E-state index in [-0.39, 0.29) is 25.6 Å². The molecule has 0 aliphatic carbocycles. The third-order valence-corrected chi connectivity index (χ3v) is 9.48. The largest absolute Gasteiger partial charge is 0.457 e. The molecule has 7 rings (SSSR count). The zero-order chi connectivity index (χ0) is 36.4. The predicted molar refractivity (Wildman–Crippen MR) is 194 cm³/mol. The van der Waals surface area contributed by atoms with Crippen molar-refractivity contribution >= 4 is 11.7 Å². The molecule has 0 spiro atoms. The Morgan fingerprint density at radius 3 is 2.17 bits per heavy atom. The van der Waals surface area contributed by atoms with E-state index in [1.807, 2.05) is 74.5 Å². The molecule has 11 heteroatoms. The van der Waals surface area contributed by atoms with Crippen LogP contribution in [-0.2, 0) is 24.5 Å². The quantitative estimate of drug-likeness (QED) is 0.163. The second-order valence-corrected chi connectivity index (χ2v) is 13.1. The number of nitrogens with one attached hydrogen (secondary N) is 1. The van der Waals surface area contributed by atoms with Crippen LogP contribution in [0, 0.1) is 20.8 Å². The number of hydrogen-bond acceptors (Lipinski definition) is 9. The minimum atomic E-state index is -1.20. The molecule has 2 aliphatic rings. The number of rotatable bonds is 11. The predicted octanol–water partition coefficient (Wildman–Crippen LogP) is 5.83. The molecular weight excluding hydrogens is 662 g/mol. The van der Waals surface area contributed by atoms with Gasteiger partial charge in [-0.15, -0.1) is 0 Å². The fourth-order valence-electron chi connectivity index (χ4n) is 6.88. The van der Waals surface area contributed by atoms with Gasteiger partial charge in [-0.3, -0.25) is 9.36 Å². The van der Waals surface area contributed by atoms with Gasteiger partial charge in [0.25, 0.3) is 5.91 Å². The summed E-state index contributed by atoms with van der Waals surface area (Å²) in [5.74, 6) is 1.04. The maximum absolute atomic E-state index is 13.6. The molecule has 3 heterocycles. The lowest BCUT2D eigenvalue weighted by molar-refractivity contribution is -0.101. The lowest BCUT2D eigenvalue weighted by atomic mass is 9.77. The molecule has 11 nitrogen and oxygen atoms in total. The average molecular weight is 704 g/mol. The van der Waals surface area contributed by atoms with E-state index in [2.05, 4.69) is 22.4 Å². The first-order valence-corrected chi connectivity index (χ1v) is 17.2. The van der Waals surface area contributed by atoms with Crippen LogP contribution in [0.15, 0.2) is 108 Å². The molecule has 5 aromatic rings. The van der Waals surface area contributed by atoms with Crippen molar-refractivity contribution in [3.8, 4) is 11.5 Å². The number of aliphatic hydroxyl groups is 1. The molecule has 52 heavy (non-hydrogen) atoms. The molecular formula is C41H41N3O8. The van der Waals surface area contributed by atoms with E-state index in [0.29, 0.717) is 22.6 Å². The maximum atomic E-state index is 13.6. The van der Waals surface area contributed by atoms with E-state index in [0.717, 1.165) is 27.8 Å². The summed E-state index contributed by atoms with van der Waals surface area (Å²) >= 11 is 0. The van der Waals surface area contributed by atoms with Gasteiger partial charge in [0.1, 0.15) is 35.6 Å².